The molecule has 1 heterocycles. The molecule has 0 spiro atoms. The van der Waals surface area contributed by atoms with Gasteiger partial charge < -0.3 is 4.90 Å². The Hall–Kier alpha value is -1.98. The molecule has 2 aromatic rings. The van der Waals surface area contributed by atoms with Crippen LogP contribution in [0.3, 0.4) is 0 Å². The van der Waals surface area contributed by atoms with Crippen molar-refractivity contribution >= 4 is 25.7 Å². The Kier molecular flexibility index (Phi) is 7.14. The summed E-state index contributed by atoms with van der Waals surface area (Å²) in [5.74, 6) is 0. The largest absolute Gasteiger partial charge is 0.369 e. The van der Waals surface area contributed by atoms with Gasteiger partial charge in [0.05, 0.1) is 9.79 Å². The van der Waals surface area contributed by atoms with E-state index >= 15 is 0 Å². The van der Waals surface area contributed by atoms with Crippen LogP contribution in [0, 0.1) is 6.92 Å². The maximum atomic E-state index is 12.4. The van der Waals surface area contributed by atoms with Crippen molar-refractivity contribution in [1.82, 2.24) is 9.62 Å². The number of nitrogens with two attached hydrogens (primary N) is 1. The Morgan fingerprint density at radius 3 is 2.27 bits per heavy atom. The number of sulfonamides is 2. The first-order valence-electron chi connectivity index (χ1n) is 9.82. The molecule has 1 saturated heterocycles. The van der Waals surface area contributed by atoms with Crippen LogP contribution in [0.4, 0.5) is 5.69 Å². The highest BCUT2D eigenvalue weighted by molar-refractivity contribution is 7.90. The highest BCUT2D eigenvalue weighted by Gasteiger charge is 2.19. The minimum atomic E-state index is -3.96. The van der Waals surface area contributed by atoms with Gasteiger partial charge in [-0.25, -0.2) is 26.7 Å². The first-order chi connectivity index (χ1) is 14.1. The van der Waals surface area contributed by atoms with E-state index in [-0.39, 0.29) is 16.3 Å². The van der Waals surface area contributed by atoms with Crippen molar-refractivity contribution in [2.75, 3.05) is 44.2 Å². The van der Waals surface area contributed by atoms with Crippen LogP contribution in [0.5, 0.6) is 0 Å². The molecule has 1 aliphatic heterocycles. The molecule has 0 saturated carbocycles. The van der Waals surface area contributed by atoms with E-state index in [4.69, 9.17) is 5.14 Å². The number of hydrogen-bond donors (Lipinski definition) is 2. The Morgan fingerprint density at radius 2 is 1.60 bits per heavy atom. The summed E-state index contributed by atoms with van der Waals surface area (Å²) in [4.78, 5) is 4.35. The van der Waals surface area contributed by atoms with E-state index < -0.39 is 20.0 Å². The summed E-state index contributed by atoms with van der Waals surface area (Å²) in [6.07, 6.45) is 0.665. The van der Waals surface area contributed by atoms with Gasteiger partial charge in [0.25, 0.3) is 0 Å². The van der Waals surface area contributed by atoms with E-state index in [0.717, 1.165) is 38.8 Å². The molecule has 0 unspecified atom stereocenters. The van der Waals surface area contributed by atoms with Gasteiger partial charge in [-0.3, -0.25) is 4.90 Å². The van der Waals surface area contributed by atoms with E-state index in [2.05, 4.69) is 45.7 Å². The predicted molar refractivity (Wildman–Crippen MR) is 117 cm³/mol. The van der Waals surface area contributed by atoms with E-state index in [1.54, 1.807) is 0 Å². The molecule has 0 aliphatic carbocycles. The molecule has 0 atom stereocenters. The van der Waals surface area contributed by atoms with Crippen LogP contribution in [-0.4, -0.2) is 61.0 Å². The molecule has 30 heavy (non-hydrogen) atoms. The Labute approximate surface area is 178 Å². The summed E-state index contributed by atoms with van der Waals surface area (Å²) in [6.45, 7) is 6.90. The summed E-state index contributed by atoms with van der Waals surface area (Å²) >= 11 is 0. The van der Waals surface area contributed by atoms with Gasteiger partial charge in [-0.05, 0) is 55.8 Å². The molecule has 3 rings (SSSR count). The minimum absolute atomic E-state index is 0.110. The molecule has 0 amide bonds. The summed E-state index contributed by atoms with van der Waals surface area (Å²) in [7, 11) is -7.75. The van der Waals surface area contributed by atoms with Crippen molar-refractivity contribution in [3.05, 3.63) is 54.1 Å². The molecule has 2 aromatic carbocycles. The fraction of sp³-hybridized carbons (Fsp3) is 0.400. The topological polar surface area (TPSA) is 113 Å². The highest BCUT2D eigenvalue weighted by Crippen LogP contribution is 2.18. The molecular weight excluding hydrogens is 424 g/mol. The molecule has 164 valence electrons. The van der Waals surface area contributed by atoms with Crippen LogP contribution < -0.4 is 14.8 Å². The van der Waals surface area contributed by atoms with Gasteiger partial charge in [-0.1, -0.05) is 18.2 Å². The second kappa shape index (κ2) is 9.44. The molecule has 1 aliphatic rings. The van der Waals surface area contributed by atoms with Crippen molar-refractivity contribution in [3.63, 3.8) is 0 Å². The Morgan fingerprint density at radius 1 is 0.933 bits per heavy atom. The molecule has 0 aromatic heterocycles. The standard InChI is InChI=1S/C20H28N4O4S2/c1-17-5-2-6-18(15-17)24-13-11-23(12-14-24)10-4-9-22-30(27,28)20-8-3-7-19(16-20)29(21,25)26/h2-3,5-8,15-16,22H,4,9-14H2,1H3,(H2,21,25,26). The molecule has 3 N–H and O–H groups in total. The van der Waals surface area contributed by atoms with Crippen LogP contribution >= 0.6 is 0 Å². The molecule has 0 radical (unpaired) electrons. The maximum Gasteiger partial charge on any atom is 0.240 e. The number of piperazine rings is 1. The lowest BCUT2D eigenvalue weighted by Crippen LogP contribution is -2.47. The Bertz CT molecular complexity index is 1080. The zero-order chi connectivity index (χ0) is 21.8. The van der Waals surface area contributed by atoms with Gasteiger partial charge in [-0.15, -0.1) is 0 Å². The Balaban J connectivity index is 1.45. The third-order valence-corrected chi connectivity index (χ3v) is 7.50. The first-order valence-corrected chi connectivity index (χ1v) is 12.8. The second-order valence-electron chi connectivity index (χ2n) is 7.44. The van der Waals surface area contributed by atoms with Crippen LogP contribution in [0.15, 0.2) is 58.3 Å². The molecular formula is C20H28N4O4S2. The first kappa shape index (κ1) is 22.7. The lowest BCUT2D eigenvalue weighted by molar-refractivity contribution is 0.255. The fourth-order valence-corrected chi connectivity index (χ4v) is 5.22. The van der Waals surface area contributed by atoms with Crippen molar-refractivity contribution in [2.24, 2.45) is 5.14 Å². The van der Waals surface area contributed by atoms with Crippen molar-refractivity contribution < 1.29 is 16.8 Å². The summed E-state index contributed by atoms with van der Waals surface area (Å²) < 4.78 is 50.2. The van der Waals surface area contributed by atoms with Crippen LogP contribution in [0.25, 0.3) is 0 Å². The van der Waals surface area contributed by atoms with Gasteiger partial charge in [0.2, 0.25) is 20.0 Å². The number of anilines is 1. The number of nitrogens with zero attached hydrogens (tertiary/aromatic N) is 2. The monoisotopic (exact) mass is 452 g/mol. The smallest absolute Gasteiger partial charge is 0.240 e. The number of primary sulfonamides is 1. The van der Waals surface area contributed by atoms with Crippen LogP contribution in [0.1, 0.15) is 12.0 Å². The van der Waals surface area contributed by atoms with Crippen molar-refractivity contribution in [2.45, 2.75) is 23.1 Å². The normalized spacial score (nSPS) is 16.0. The lowest BCUT2D eigenvalue weighted by Gasteiger charge is -2.36. The van der Waals surface area contributed by atoms with E-state index in [9.17, 15) is 16.8 Å². The van der Waals surface area contributed by atoms with Crippen molar-refractivity contribution in [3.8, 4) is 0 Å². The number of benzene rings is 2. The molecule has 10 heteroatoms. The summed E-state index contributed by atoms with van der Waals surface area (Å²) in [6, 6.07) is 13.5. The van der Waals surface area contributed by atoms with Gasteiger partial charge in [0.15, 0.2) is 0 Å². The molecule has 8 nitrogen and oxygen atoms in total. The van der Waals surface area contributed by atoms with E-state index in [1.165, 1.54) is 29.4 Å². The zero-order valence-corrected chi connectivity index (χ0v) is 18.6. The average Bonchev–Trinajstić information content (AvgIpc) is 2.71. The SMILES string of the molecule is Cc1cccc(N2CCN(CCCNS(=O)(=O)c3cccc(S(N)(=O)=O)c3)CC2)c1. The third kappa shape index (κ3) is 6.02. The van der Waals surface area contributed by atoms with Gasteiger partial charge in [0, 0.05) is 38.4 Å². The third-order valence-electron chi connectivity index (χ3n) is 5.13. The number of aryl methyl sites for hydroxylation is 1. The predicted octanol–water partition coefficient (Wildman–Crippen LogP) is 1.13. The van der Waals surface area contributed by atoms with Crippen LogP contribution in [-0.2, 0) is 20.0 Å². The number of hydrogen-bond acceptors (Lipinski definition) is 6. The van der Waals surface area contributed by atoms with E-state index in [0.29, 0.717) is 6.42 Å². The fourth-order valence-electron chi connectivity index (χ4n) is 3.47. The van der Waals surface area contributed by atoms with Crippen LogP contribution in [0.2, 0.25) is 0 Å². The van der Waals surface area contributed by atoms with Gasteiger partial charge in [0.1, 0.15) is 0 Å². The zero-order valence-electron chi connectivity index (χ0n) is 17.0. The maximum absolute atomic E-state index is 12.4. The van der Waals surface area contributed by atoms with Gasteiger partial charge in [-0.2, -0.15) is 0 Å². The number of nitrogens with one attached hydrogen (secondary N) is 1. The lowest BCUT2D eigenvalue weighted by atomic mass is 10.2. The number of rotatable bonds is 8. The van der Waals surface area contributed by atoms with Crippen molar-refractivity contribution in [1.29, 1.82) is 0 Å². The second-order valence-corrected chi connectivity index (χ2v) is 10.8. The van der Waals surface area contributed by atoms with Gasteiger partial charge >= 0.3 is 0 Å². The summed E-state index contributed by atoms with van der Waals surface area (Å²) in [5, 5.41) is 5.08. The van der Waals surface area contributed by atoms with E-state index in [1.807, 2.05) is 0 Å². The minimum Gasteiger partial charge on any atom is -0.369 e. The highest BCUT2D eigenvalue weighted by atomic mass is 32.2. The quantitative estimate of drug-likeness (QED) is 0.581. The molecule has 0 bridgehead atoms. The molecule has 1 fully saturated rings. The average molecular weight is 453 g/mol. The summed E-state index contributed by atoms with van der Waals surface area (Å²) in [5.41, 5.74) is 2.49.